The maximum Gasteiger partial charge on any atom is 0.339 e. The van der Waals surface area contributed by atoms with Crippen molar-refractivity contribution in [3.63, 3.8) is 0 Å². The van der Waals surface area contributed by atoms with Crippen LogP contribution in [0.3, 0.4) is 0 Å². The van der Waals surface area contributed by atoms with Crippen molar-refractivity contribution in [1.29, 1.82) is 0 Å². The van der Waals surface area contributed by atoms with Gasteiger partial charge in [-0.3, -0.25) is 9.59 Å². The summed E-state index contributed by atoms with van der Waals surface area (Å²) in [5.41, 5.74) is 7.14. The first kappa shape index (κ1) is 17.9. The Morgan fingerprint density at radius 1 is 0.786 bits per heavy atom. The van der Waals surface area contributed by atoms with Crippen molar-refractivity contribution in [2.45, 2.75) is 11.8 Å². The van der Waals surface area contributed by atoms with E-state index >= 15 is 0 Å². The number of carbonyl (C=O) groups excluding carboxylic acids is 2. The normalized spacial score (nSPS) is 13.0. The van der Waals surface area contributed by atoms with Crippen molar-refractivity contribution < 1.29 is 22.2 Å². The summed E-state index contributed by atoms with van der Waals surface area (Å²) in [6.45, 7) is 1.83. The number of nitrogens with two attached hydrogens (primary N) is 1. The van der Waals surface area contributed by atoms with E-state index in [-0.39, 0.29) is 38.6 Å². The molecule has 0 spiro atoms. The number of aryl methyl sites for hydroxylation is 1. The minimum absolute atomic E-state index is 0.0414. The molecule has 0 bridgehead atoms. The number of anilines is 1. The third-order valence-electron chi connectivity index (χ3n) is 4.58. The van der Waals surface area contributed by atoms with E-state index < -0.39 is 21.7 Å². The number of benzene rings is 3. The number of carbonyl (C=O) groups is 2. The quantitative estimate of drug-likeness (QED) is 0.424. The SMILES string of the molecule is Cc1ccc(S(=O)(=O)Oc2ccc(N)c3c2C(=O)c2ccccc2C3=O)cc1. The highest BCUT2D eigenvalue weighted by molar-refractivity contribution is 7.87. The van der Waals surface area contributed by atoms with Gasteiger partial charge in [0.15, 0.2) is 17.3 Å². The highest BCUT2D eigenvalue weighted by Gasteiger charge is 2.35. The van der Waals surface area contributed by atoms with Gasteiger partial charge in [0.05, 0.1) is 11.1 Å². The maximum atomic E-state index is 13.0. The molecule has 0 aromatic heterocycles. The van der Waals surface area contributed by atoms with Gasteiger partial charge in [-0.1, -0.05) is 42.0 Å². The van der Waals surface area contributed by atoms with Gasteiger partial charge in [0, 0.05) is 16.8 Å². The van der Waals surface area contributed by atoms with Crippen LogP contribution in [-0.2, 0) is 10.1 Å². The van der Waals surface area contributed by atoms with Crippen molar-refractivity contribution in [2.24, 2.45) is 0 Å². The lowest BCUT2D eigenvalue weighted by atomic mass is 9.83. The maximum absolute atomic E-state index is 13.0. The van der Waals surface area contributed by atoms with E-state index in [2.05, 4.69) is 0 Å². The second-order valence-corrected chi connectivity index (χ2v) is 8.00. The standard InChI is InChI=1S/C21H15NO5S/c1-12-6-8-13(9-7-12)28(25,26)27-17-11-10-16(22)18-19(17)21(24)15-5-3-2-4-14(15)20(18)23/h2-11H,22H2,1H3. The topological polar surface area (TPSA) is 104 Å². The largest absolute Gasteiger partial charge is 0.398 e. The van der Waals surface area contributed by atoms with Crippen LogP contribution < -0.4 is 9.92 Å². The van der Waals surface area contributed by atoms with Crippen LogP contribution >= 0.6 is 0 Å². The summed E-state index contributed by atoms with van der Waals surface area (Å²) in [4.78, 5) is 25.8. The van der Waals surface area contributed by atoms with E-state index in [1.54, 1.807) is 24.3 Å². The molecule has 0 fully saturated rings. The molecule has 1 aliphatic rings. The third-order valence-corrected chi connectivity index (χ3v) is 5.83. The Hall–Kier alpha value is -3.45. The number of ketones is 2. The molecule has 0 atom stereocenters. The lowest BCUT2D eigenvalue weighted by Crippen LogP contribution is -2.24. The molecule has 2 N–H and O–H groups in total. The molecule has 0 heterocycles. The second kappa shape index (κ2) is 6.31. The Bertz CT molecular complexity index is 1240. The van der Waals surface area contributed by atoms with Crippen molar-refractivity contribution in [3.8, 4) is 5.75 Å². The summed E-state index contributed by atoms with van der Waals surface area (Å²) in [6, 6.07) is 15.1. The fourth-order valence-electron chi connectivity index (χ4n) is 3.16. The van der Waals surface area contributed by atoms with Crippen LogP contribution in [0.1, 0.15) is 37.4 Å². The Labute approximate surface area is 161 Å². The van der Waals surface area contributed by atoms with Crippen LogP contribution in [0.25, 0.3) is 0 Å². The van der Waals surface area contributed by atoms with E-state index in [1.807, 2.05) is 6.92 Å². The van der Waals surface area contributed by atoms with Gasteiger partial charge in [-0.2, -0.15) is 8.42 Å². The molecule has 0 radical (unpaired) electrons. The molecular weight excluding hydrogens is 378 g/mol. The van der Waals surface area contributed by atoms with E-state index in [9.17, 15) is 18.0 Å². The average molecular weight is 393 g/mol. The molecular formula is C21H15NO5S. The molecule has 6 nitrogen and oxygen atoms in total. The van der Waals surface area contributed by atoms with Crippen LogP contribution in [0.2, 0.25) is 0 Å². The van der Waals surface area contributed by atoms with Crippen LogP contribution in [0.15, 0.2) is 65.6 Å². The lowest BCUT2D eigenvalue weighted by Gasteiger charge is -2.21. The molecule has 7 heteroatoms. The molecule has 0 aliphatic heterocycles. The minimum Gasteiger partial charge on any atom is -0.398 e. The van der Waals surface area contributed by atoms with E-state index in [0.717, 1.165) is 5.56 Å². The number of hydrogen-bond acceptors (Lipinski definition) is 6. The summed E-state index contributed by atoms with van der Waals surface area (Å²) in [6.07, 6.45) is 0. The number of nitrogen functional groups attached to an aromatic ring is 1. The van der Waals surface area contributed by atoms with Gasteiger partial charge in [-0.05, 0) is 31.2 Å². The van der Waals surface area contributed by atoms with Crippen LogP contribution in [0, 0.1) is 6.92 Å². The van der Waals surface area contributed by atoms with Gasteiger partial charge in [-0.25, -0.2) is 0 Å². The minimum atomic E-state index is -4.20. The number of rotatable bonds is 3. The summed E-state index contributed by atoms with van der Waals surface area (Å²) in [5.74, 6) is -1.18. The van der Waals surface area contributed by atoms with Gasteiger partial charge in [-0.15, -0.1) is 0 Å². The Kier molecular flexibility index (Phi) is 4.05. The fourth-order valence-corrected chi connectivity index (χ4v) is 4.10. The van der Waals surface area contributed by atoms with Gasteiger partial charge >= 0.3 is 10.1 Å². The molecule has 28 heavy (non-hydrogen) atoms. The molecule has 0 amide bonds. The summed E-state index contributed by atoms with van der Waals surface area (Å²) in [7, 11) is -4.20. The number of fused-ring (bicyclic) bond motifs is 2. The Morgan fingerprint density at radius 2 is 1.36 bits per heavy atom. The van der Waals surface area contributed by atoms with Gasteiger partial charge < -0.3 is 9.92 Å². The van der Waals surface area contributed by atoms with Crippen molar-refractivity contribution >= 4 is 27.4 Å². The second-order valence-electron chi connectivity index (χ2n) is 6.46. The zero-order valence-electron chi connectivity index (χ0n) is 14.8. The zero-order chi connectivity index (χ0) is 20.1. The molecule has 3 aromatic rings. The molecule has 0 saturated carbocycles. The summed E-state index contributed by atoms with van der Waals surface area (Å²) in [5, 5.41) is 0. The monoisotopic (exact) mass is 393 g/mol. The van der Waals surface area contributed by atoms with E-state index in [1.165, 1.54) is 36.4 Å². The predicted molar refractivity (Wildman–Crippen MR) is 103 cm³/mol. The van der Waals surface area contributed by atoms with Crippen LogP contribution in [0.5, 0.6) is 5.75 Å². The van der Waals surface area contributed by atoms with Crippen LogP contribution in [-0.4, -0.2) is 20.0 Å². The first-order valence-electron chi connectivity index (χ1n) is 8.41. The molecule has 0 unspecified atom stereocenters. The van der Waals surface area contributed by atoms with Gasteiger partial charge in [0.25, 0.3) is 0 Å². The summed E-state index contributed by atoms with van der Waals surface area (Å²) < 4.78 is 30.6. The number of hydrogen-bond donors (Lipinski definition) is 1. The Balaban J connectivity index is 1.86. The molecule has 0 saturated heterocycles. The summed E-state index contributed by atoms with van der Waals surface area (Å²) >= 11 is 0. The van der Waals surface area contributed by atoms with Crippen molar-refractivity contribution in [2.75, 3.05) is 5.73 Å². The molecule has 140 valence electrons. The zero-order valence-corrected chi connectivity index (χ0v) is 15.6. The molecule has 1 aliphatic carbocycles. The van der Waals surface area contributed by atoms with E-state index in [0.29, 0.717) is 0 Å². The third kappa shape index (κ3) is 2.76. The van der Waals surface area contributed by atoms with Crippen LogP contribution in [0.4, 0.5) is 5.69 Å². The predicted octanol–water partition coefficient (Wildman–Crippen LogP) is 3.12. The average Bonchev–Trinajstić information content (AvgIpc) is 2.67. The fraction of sp³-hybridized carbons (Fsp3) is 0.0476. The molecule has 4 rings (SSSR count). The molecule has 3 aromatic carbocycles. The first-order chi connectivity index (χ1) is 13.3. The van der Waals surface area contributed by atoms with Crippen molar-refractivity contribution in [3.05, 3.63) is 88.5 Å². The lowest BCUT2D eigenvalue weighted by molar-refractivity contribution is 0.0978. The Morgan fingerprint density at radius 3 is 1.96 bits per heavy atom. The highest BCUT2D eigenvalue weighted by atomic mass is 32.2. The van der Waals surface area contributed by atoms with Crippen molar-refractivity contribution in [1.82, 2.24) is 0 Å². The van der Waals surface area contributed by atoms with E-state index in [4.69, 9.17) is 9.92 Å². The highest BCUT2D eigenvalue weighted by Crippen LogP contribution is 2.37. The smallest absolute Gasteiger partial charge is 0.339 e. The van der Waals surface area contributed by atoms with Gasteiger partial charge in [0.1, 0.15) is 4.90 Å². The first-order valence-corrected chi connectivity index (χ1v) is 9.82. The van der Waals surface area contributed by atoms with Gasteiger partial charge in [0.2, 0.25) is 0 Å².